The predicted molar refractivity (Wildman–Crippen MR) is 88.2 cm³/mol. The third kappa shape index (κ3) is 4.02. The highest BCUT2D eigenvalue weighted by Gasteiger charge is 2.16. The summed E-state index contributed by atoms with van der Waals surface area (Å²) in [7, 11) is 0. The van der Waals surface area contributed by atoms with Gasteiger partial charge in [-0.1, -0.05) is 41.1 Å². The van der Waals surface area contributed by atoms with E-state index >= 15 is 0 Å². The molecule has 0 aliphatic carbocycles. The summed E-state index contributed by atoms with van der Waals surface area (Å²) in [6.07, 6.45) is 0. The number of aliphatic imine (C=N–C) groups is 1. The van der Waals surface area contributed by atoms with E-state index in [4.69, 9.17) is 5.21 Å². The van der Waals surface area contributed by atoms with Crippen LogP contribution >= 0.6 is 0 Å². The van der Waals surface area contributed by atoms with Crippen molar-refractivity contribution in [3.63, 3.8) is 0 Å². The van der Waals surface area contributed by atoms with Crippen molar-refractivity contribution in [3.05, 3.63) is 60.2 Å². The van der Waals surface area contributed by atoms with Gasteiger partial charge in [0.05, 0.1) is 11.4 Å². The monoisotopic (exact) mass is 295 g/mol. The number of hydrogen-bond donors (Lipinski definition) is 2. The van der Waals surface area contributed by atoms with Crippen LogP contribution in [0.25, 0.3) is 0 Å². The maximum atomic E-state index is 12.1. The Morgan fingerprint density at radius 3 is 2.27 bits per heavy atom. The second kappa shape index (κ2) is 7.17. The lowest BCUT2D eigenvalue weighted by Gasteiger charge is -2.06. The molecule has 0 atom stereocenters. The number of oxime groups is 1. The lowest BCUT2D eigenvalue weighted by molar-refractivity contribution is -0.110. The van der Waals surface area contributed by atoms with Crippen molar-refractivity contribution < 1.29 is 10.0 Å². The van der Waals surface area contributed by atoms with Crippen molar-refractivity contribution in [1.82, 2.24) is 0 Å². The molecular weight excluding hydrogens is 278 g/mol. The van der Waals surface area contributed by atoms with Gasteiger partial charge in [-0.05, 0) is 38.1 Å². The van der Waals surface area contributed by atoms with Crippen molar-refractivity contribution in [2.45, 2.75) is 13.8 Å². The zero-order chi connectivity index (χ0) is 15.9. The number of aryl methyl sites for hydroxylation is 1. The van der Waals surface area contributed by atoms with Gasteiger partial charge in [-0.25, -0.2) is 0 Å². The molecule has 0 aliphatic rings. The summed E-state index contributed by atoms with van der Waals surface area (Å²) >= 11 is 0. The average Bonchev–Trinajstić information content (AvgIpc) is 2.51. The topological polar surface area (TPSA) is 74.0 Å². The highest BCUT2D eigenvalue weighted by atomic mass is 16.4. The molecule has 0 aromatic heterocycles. The van der Waals surface area contributed by atoms with Gasteiger partial charge in [0, 0.05) is 5.69 Å². The molecule has 0 spiro atoms. The Morgan fingerprint density at radius 2 is 1.68 bits per heavy atom. The molecule has 112 valence electrons. The van der Waals surface area contributed by atoms with E-state index in [0.29, 0.717) is 17.1 Å². The van der Waals surface area contributed by atoms with Gasteiger partial charge >= 0.3 is 0 Å². The van der Waals surface area contributed by atoms with Crippen LogP contribution in [-0.2, 0) is 4.79 Å². The van der Waals surface area contributed by atoms with Crippen LogP contribution in [0.2, 0.25) is 0 Å². The largest absolute Gasteiger partial charge is 0.410 e. The molecule has 5 nitrogen and oxygen atoms in total. The first-order valence-corrected chi connectivity index (χ1v) is 6.81. The molecule has 2 aromatic carbocycles. The van der Waals surface area contributed by atoms with E-state index in [9.17, 15) is 4.79 Å². The van der Waals surface area contributed by atoms with Crippen molar-refractivity contribution >= 4 is 28.7 Å². The number of carbonyl (C=O) groups is 1. The number of nitrogens with one attached hydrogen (secondary N) is 1. The molecule has 0 radical (unpaired) electrons. The molecule has 0 aliphatic heterocycles. The Bertz CT molecular complexity index is 704. The average molecular weight is 295 g/mol. The number of benzene rings is 2. The minimum atomic E-state index is -0.512. The van der Waals surface area contributed by atoms with Crippen molar-refractivity contribution in [3.8, 4) is 0 Å². The number of hydrogen-bond acceptors (Lipinski definition) is 4. The number of rotatable bonds is 4. The third-order valence-electron chi connectivity index (χ3n) is 3.02. The fourth-order valence-electron chi connectivity index (χ4n) is 1.86. The van der Waals surface area contributed by atoms with Gasteiger partial charge in [-0.2, -0.15) is 0 Å². The van der Waals surface area contributed by atoms with E-state index in [0.717, 1.165) is 5.56 Å². The lowest BCUT2D eigenvalue weighted by Crippen LogP contribution is -2.28. The summed E-state index contributed by atoms with van der Waals surface area (Å²) in [6.45, 7) is 3.60. The van der Waals surface area contributed by atoms with E-state index in [1.54, 1.807) is 31.2 Å². The first-order chi connectivity index (χ1) is 10.6. The fraction of sp³-hybridized carbons (Fsp3) is 0.118. The summed E-state index contributed by atoms with van der Waals surface area (Å²) in [4.78, 5) is 16.4. The Hall–Kier alpha value is -2.95. The van der Waals surface area contributed by atoms with Crippen LogP contribution in [0.1, 0.15) is 12.5 Å². The maximum Gasteiger partial charge on any atom is 0.279 e. The summed E-state index contributed by atoms with van der Waals surface area (Å²) < 4.78 is 0. The molecule has 0 saturated carbocycles. The van der Waals surface area contributed by atoms with Gasteiger partial charge in [0.1, 0.15) is 0 Å². The van der Waals surface area contributed by atoms with Crippen molar-refractivity contribution in [2.24, 2.45) is 10.1 Å². The molecule has 0 heterocycles. The van der Waals surface area contributed by atoms with Gasteiger partial charge in [-0.3, -0.25) is 9.79 Å². The van der Waals surface area contributed by atoms with Gasteiger partial charge in [0.25, 0.3) is 5.91 Å². The molecule has 5 heteroatoms. The Balaban J connectivity index is 2.16. The zero-order valence-corrected chi connectivity index (χ0v) is 12.4. The SMILES string of the molecule is CC(=Nc1ccc(C)cc1)/C(=N\O)C(=O)Nc1ccccc1. The lowest BCUT2D eigenvalue weighted by atomic mass is 10.2. The first-order valence-electron chi connectivity index (χ1n) is 6.81. The zero-order valence-electron chi connectivity index (χ0n) is 12.4. The number of amides is 1. The van der Waals surface area contributed by atoms with Crippen molar-refractivity contribution in [2.75, 3.05) is 5.32 Å². The highest BCUT2D eigenvalue weighted by molar-refractivity contribution is 6.68. The van der Waals surface area contributed by atoms with Gasteiger partial charge in [0.15, 0.2) is 5.71 Å². The quantitative estimate of drug-likeness (QED) is 0.514. The second-order valence-corrected chi connectivity index (χ2v) is 4.80. The van der Waals surface area contributed by atoms with E-state index in [1.807, 2.05) is 37.3 Å². The Kier molecular flexibility index (Phi) is 5.03. The van der Waals surface area contributed by atoms with Crippen LogP contribution in [0.15, 0.2) is 64.7 Å². The highest BCUT2D eigenvalue weighted by Crippen LogP contribution is 2.13. The number of carbonyl (C=O) groups excluding carboxylic acids is 1. The smallest absolute Gasteiger partial charge is 0.279 e. The molecule has 2 rings (SSSR count). The predicted octanol–water partition coefficient (Wildman–Crippen LogP) is 3.56. The van der Waals surface area contributed by atoms with Gasteiger partial charge in [0.2, 0.25) is 0 Å². The van der Waals surface area contributed by atoms with Crippen LogP contribution in [0.3, 0.4) is 0 Å². The molecule has 0 fully saturated rings. The van der Waals surface area contributed by atoms with E-state index in [1.165, 1.54) is 0 Å². The molecule has 0 bridgehead atoms. The van der Waals surface area contributed by atoms with Crippen LogP contribution < -0.4 is 5.32 Å². The minimum absolute atomic E-state index is 0.121. The van der Waals surface area contributed by atoms with Gasteiger partial charge < -0.3 is 10.5 Å². The Labute approximate surface area is 129 Å². The molecule has 2 aromatic rings. The maximum absolute atomic E-state index is 12.1. The number of nitrogens with zero attached hydrogens (tertiary/aromatic N) is 2. The molecular formula is C17H17N3O2. The summed E-state index contributed by atoms with van der Waals surface area (Å²) in [5, 5.41) is 14.8. The van der Waals surface area contributed by atoms with Crippen molar-refractivity contribution in [1.29, 1.82) is 0 Å². The fourth-order valence-corrected chi connectivity index (χ4v) is 1.86. The molecule has 22 heavy (non-hydrogen) atoms. The summed E-state index contributed by atoms with van der Waals surface area (Å²) in [6, 6.07) is 16.5. The third-order valence-corrected chi connectivity index (χ3v) is 3.02. The molecule has 1 amide bonds. The molecule has 0 saturated heterocycles. The second-order valence-electron chi connectivity index (χ2n) is 4.80. The summed E-state index contributed by atoms with van der Waals surface area (Å²) in [5.41, 5.74) is 2.65. The first kappa shape index (κ1) is 15.4. The standard InChI is InChI=1S/C17H17N3O2/c1-12-8-10-15(11-9-12)18-13(2)16(20-22)17(21)19-14-6-4-3-5-7-14/h3-11,22H,1-2H3,(H,19,21)/b18-13?,20-16+. The summed E-state index contributed by atoms with van der Waals surface area (Å²) in [5.74, 6) is -0.512. The van der Waals surface area contributed by atoms with E-state index in [2.05, 4.69) is 15.5 Å². The van der Waals surface area contributed by atoms with E-state index < -0.39 is 5.91 Å². The van der Waals surface area contributed by atoms with Crippen LogP contribution in [0.5, 0.6) is 0 Å². The number of para-hydroxylation sites is 1. The minimum Gasteiger partial charge on any atom is -0.410 e. The van der Waals surface area contributed by atoms with Crippen LogP contribution in [-0.4, -0.2) is 22.5 Å². The molecule has 0 unspecified atom stereocenters. The Morgan fingerprint density at radius 1 is 1.05 bits per heavy atom. The normalized spacial score (nSPS) is 12.1. The van der Waals surface area contributed by atoms with E-state index in [-0.39, 0.29) is 5.71 Å². The van der Waals surface area contributed by atoms with Gasteiger partial charge in [-0.15, -0.1) is 0 Å². The van der Waals surface area contributed by atoms with Crippen LogP contribution in [0, 0.1) is 6.92 Å². The van der Waals surface area contributed by atoms with Crippen LogP contribution in [0.4, 0.5) is 11.4 Å². The molecule has 2 N–H and O–H groups in total. The number of anilines is 1.